The van der Waals surface area contributed by atoms with Crippen LogP contribution in [0.5, 0.6) is 0 Å². The van der Waals surface area contributed by atoms with Crippen LogP contribution in [0, 0.1) is 25.7 Å². The van der Waals surface area contributed by atoms with E-state index in [1.54, 1.807) is 0 Å². The van der Waals surface area contributed by atoms with Gasteiger partial charge in [-0.2, -0.15) is 6.42 Å². The van der Waals surface area contributed by atoms with E-state index in [2.05, 4.69) is 27.7 Å². The van der Waals surface area contributed by atoms with Crippen molar-refractivity contribution in [3.63, 3.8) is 0 Å². The van der Waals surface area contributed by atoms with Crippen LogP contribution in [0.4, 0.5) is 0 Å². The van der Waals surface area contributed by atoms with Gasteiger partial charge in [-0.3, -0.25) is 0 Å². The average Bonchev–Trinajstić information content (AvgIpc) is 1.64. The van der Waals surface area contributed by atoms with E-state index in [0.717, 1.165) is 6.42 Å². The summed E-state index contributed by atoms with van der Waals surface area (Å²) in [5.41, 5.74) is 0. The summed E-state index contributed by atoms with van der Waals surface area (Å²) < 4.78 is 0. The number of hydrogen-bond acceptors (Lipinski definition) is 1. The molecule has 0 rings (SSSR count). The summed E-state index contributed by atoms with van der Waals surface area (Å²) in [5.74, 6) is 0.736. The molecule has 0 saturated carbocycles. The van der Waals surface area contributed by atoms with Gasteiger partial charge in [-0.25, -0.2) is 0 Å². The smallest absolute Gasteiger partial charge is 0 e. The molecule has 1 N–H and O–H groups in total. The van der Waals surface area contributed by atoms with Crippen molar-refractivity contribution in [3.8, 4) is 0 Å². The SMILES string of the molecule is [CH2-]C[C@H](C(C)C)[C@H]([CH2-])O.[Y]. The molecule has 0 saturated heterocycles. The summed E-state index contributed by atoms with van der Waals surface area (Å²) in [5, 5.41) is 9.03. The maximum Gasteiger partial charge on any atom is 0 e. The van der Waals surface area contributed by atoms with Gasteiger partial charge in [0.2, 0.25) is 0 Å². The molecule has 0 aliphatic carbocycles. The molecule has 0 aliphatic rings. The Labute approximate surface area is 89.5 Å². The first-order chi connectivity index (χ1) is 4.09. The van der Waals surface area contributed by atoms with E-state index in [4.69, 9.17) is 5.11 Å². The van der Waals surface area contributed by atoms with Gasteiger partial charge in [-0.15, -0.1) is 0 Å². The second kappa shape index (κ2) is 6.75. The Kier molecular flexibility index (Phi) is 9.21. The van der Waals surface area contributed by atoms with Gasteiger partial charge in [0.05, 0.1) is 0 Å². The summed E-state index contributed by atoms with van der Waals surface area (Å²) in [6, 6.07) is 0. The third-order valence-corrected chi connectivity index (χ3v) is 1.68. The second-order valence-electron chi connectivity index (χ2n) is 2.76. The van der Waals surface area contributed by atoms with E-state index in [9.17, 15) is 0 Å². The summed E-state index contributed by atoms with van der Waals surface area (Å²) >= 11 is 0. The van der Waals surface area contributed by atoms with Crippen molar-refractivity contribution in [2.45, 2.75) is 26.4 Å². The maximum absolute atomic E-state index is 9.03. The van der Waals surface area contributed by atoms with E-state index < -0.39 is 6.10 Å². The van der Waals surface area contributed by atoms with E-state index in [-0.39, 0.29) is 38.6 Å². The molecule has 10 heavy (non-hydrogen) atoms. The first kappa shape index (κ1) is 13.6. The predicted molar refractivity (Wildman–Crippen MR) is 39.7 cm³/mol. The zero-order valence-electron chi connectivity index (χ0n) is 6.88. The fraction of sp³-hybridized carbons (Fsp3) is 0.750. The molecular formula is C8H16OY-2. The fourth-order valence-corrected chi connectivity index (χ4v) is 0.970. The molecule has 0 aromatic rings. The molecule has 0 fully saturated rings. The van der Waals surface area contributed by atoms with Crippen molar-refractivity contribution < 1.29 is 37.8 Å². The van der Waals surface area contributed by atoms with Crippen LogP contribution in [0.2, 0.25) is 0 Å². The third-order valence-electron chi connectivity index (χ3n) is 1.68. The normalized spacial score (nSPS) is 16.2. The Morgan fingerprint density at radius 1 is 1.40 bits per heavy atom. The van der Waals surface area contributed by atoms with Crippen LogP contribution in [0.25, 0.3) is 0 Å². The van der Waals surface area contributed by atoms with Gasteiger partial charge in [0, 0.05) is 32.7 Å². The summed E-state index contributed by atoms with van der Waals surface area (Å²) in [6.07, 6.45) is 0.310. The predicted octanol–water partition coefficient (Wildman–Crippen LogP) is 1.68. The third kappa shape index (κ3) is 4.81. The van der Waals surface area contributed by atoms with Crippen LogP contribution in [0.15, 0.2) is 0 Å². The Hall–Kier alpha value is 1.06. The molecule has 0 aromatic carbocycles. The van der Waals surface area contributed by atoms with Crippen molar-refractivity contribution >= 4 is 0 Å². The van der Waals surface area contributed by atoms with Gasteiger partial charge in [-0.05, 0) is 5.92 Å². The topological polar surface area (TPSA) is 20.2 Å². The standard InChI is InChI=1S/C8H16O.Y/c1-5-8(6(2)3)7(4)9;/h6-9H,1,4-5H2,2-3H3;/q-2;/t7-,8+;/m0./s1. The van der Waals surface area contributed by atoms with E-state index >= 15 is 0 Å². The van der Waals surface area contributed by atoms with Gasteiger partial charge in [0.1, 0.15) is 0 Å². The van der Waals surface area contributed by atoms with Crippen LogP contribution in [0.1, 0.15) is 20.3 Å². The van der Waals surface area contributed by atoms with Gasteiger partial charge in [0.15, 0.2) is 0 Å². The van der Waals surface area contributed by atoms with Gasteiger partial charge in [0.25, 0.3) is 0 Å². The molecule has 2 atom stereocenters. The zero-order chi connectivity index (χ0) is 7.44. The van der Waals surface area contributed by atoms with E-state index in [1.165, 1.54) is 0 Å². The summed E-state index contributed by atoms with van der Waals surface area (Å²) in [6.45, 7) is 11.4. The second-order valence-corrected chi connectivity index (χ2v) is 2.76. The molecule has 0 unspecified atom stereocenters. The molecular weight excluding hydrogens is 201 g/mol. The molecule has 0 spiro atoms. The minimum absolute atomic E-state index is 0. The van der Waals surface area contributed by atoms with Crippen molar-refractivity contribution in [3.05, 3.63) is 13.8 Å². The summed E-state index contributed by atoms with van der Waals surface area (Å²) in [7, 11) is 0. The Balaban J connectivity index is 0. The minimum atomic E-state index is -0.456. The molecule has 0 amide bonds. The van der Waals surface area contributed by atoms with E-state index in [0.29, 0.717) is 5.92 Å². The number of aliphatic hydroxyl groups is 1. The molecule has 0 aromatic heterocycles. The molecule has 0 aliphatic heterocycles. The maximum atomic E-state index is 9.03. The van der Waals surface area contributed by atoms with Gasteiger partial charge < -0.3 is 19.0 Å². The summed E-state index contributed by atoms with van der Waals surface area (Å²) in [4.78, 5) is 0. The molecule has 2 heteroatoms. The number of aliphatic hydroxyl groups excluding tert-OH is 1. The Morgan fingerprint density at radius 2 is 1.80 bits per heavy atom. The van der Waals surface area contributed by atoms with Gasteiger partial charge in [-0.1, -0.05) is 25.9 Å². The largest absolute Gasteiger partial charge is 0.425 e. The number of hydrogen-bond donors (Lipinski definition) is 1. The van der Waals surface area contributed by atoms with Crippen LogP contribution in [-0.2, 0) is 32.7 Å². The van der Waals surface area contributed by atoms with Crippen LogP contribution < -0.4 is 0 Å². The number of rotatable bonds is 3. The quantitative estimate of drug-likeness (QED) is 0.713. The molecule has 1 nitrogen and oxygen atoms in total. The fourth-order valence-electron chi connectivity index (χ4n) is 0.970. The van der Waals surface area contributed by atoms with Crippen molar-refractivity contribution in [1.29, 1.82) is 0 Å². The molecule has 0 heterocycles. The average molecular weight is 217 g/mol. The zero-order valence-corrected chi connectivity index (χ0v) is 9.72. The Morgan fingerprint density at radius 3 is 1.80 bits per heavy atom. The molecule has 1 radical (unpaired) electrons. The monoisotopic (exact) mass is 217 g/mol. The van der Waals surface area contributed by atoms with Gasteiger partial charge >= 0.3 is 0 Å². The van der Waals surface area contributed by atoms with Crippen molar-refractivity contribution in [1.82, 2.24) is 0 Å². The van der Waals surface area contributed by atoms with Crippen molar-refractivity contribution in [2.75, 3.05) is 0 Å². The first-order valence-electron chi connectivity index (χ1n) is 3.40. The van der Waals surface area contributed by atoms with Crippen LogP contribution in [-0.4, -0.2) is 11.2 Å². The van der Waals surface area contributed by atoms with Crippen LogP contribution in [0.3, 0.4) is 0 Å². The van der Waals surface area contributed by atoms with Crippen molar-refractivity contribution in [2.24, 2.45) is 11.8 Å². The first-order valence-corrected chi connectivity index (χ1v) is 3.40. The van der Waals surface area contributed by atoms with Crippen LogP contribution >= 0.6 is 0 Å². The Bertz CT molecular complexity index is 63.7. The van der Waals surface area contributed by atoms with E-state index in [1.807, 2.05) is 0 Å². The molecule has 0 bridgehead atoms. The molecule has 59 valence electrons. The minimum Gasteiger partial charge on any atom is -0.425 e.